The van der Waals surface area contributed by atoms with Crippen LogP contribution in [0.5, 0.6) is 5.19 Å². The SMILES string of the molecule is COC(=O)C(C)(C)CNC(=O)Nc1nnc(OC)s1. The Balaban J connectivity index is 2.45. The molecule has 106 valence electrons. The number of hydrogen-bond donors (Lipinski definition) is 2. The lowest BCUT2D eigenvalue weighted by Crippen LogP contribution is -2.41. The molecule has 0 radical (unpaired) electrons. The van der Waals surface area contributed by atoms with E-state index in [1.165, 1.54) is 14.2 Å². The predicted molar refractivity (Wildman–Crippen MR) is 69.3 cm³/mol. The minimum atomic E-state index is -0.801. The molecule has 1 aromatic heterocycles. The summed E-state index contributed by atoms with van der Waals surface area (Å²) in [5.74, 6) is -0.398. The topological polar surface area (TPSA) is 102 Å². The van der Waals surface area contributed by atoms with Gasteiger partial charge in [-0.05, 0) is 25.2 Å². The summed E-state index contributed by atoms with van der Waals surface area (Å²) >= 11 is 1.10. The van der Waals surface area contributed by atoms with Gasteiger partial charge in [-0.2, -0.15) is 0 Å². The summed E-state index contributed by atoms with van der Waals surface area (Å²) in [7, 11) is 2.76. The Morgan fingerprint density at radius 2 is 2.00 bits per heavy atom. The van der Waals surface area contributed by atoms with Gasteiger partial charge in [-0.15, -0.1) is 5.10 Å². The molecular formula is C10H16N4O4S. The number of nitrogens with zero attached hydrogens (tertiary/aromatic N) is 2. The minimum absolute atomic E-state index is 0.140. The quantitative estimate of drug-likeness (QED) is 0.779. The molecule has 8 nitrogen and oxygen atoms in total. The van der Waals surface area contributed by atoms with E-state index in [2.05, 4.69) is 25.6 Å². The van der Waals surface area contributed by atoms with Gasteiger partial charge in [0.1, 0.15) is 0 Å². The van der Waals surface area contributed by atoms with Crippen molar-refractivity contribution >= 4 is 28.5 Å². The fourth-order valence-electron chi connectivity index (χ4n) is 1.13. The number of urea groups is 1. The van der Waals surface area contributed by atoms with Crippen LogP contribution in [0.2, 0.25) is 0 Å². The highest BCUT2D eigenvalue weighted by molar-refractivity contribution is 7.17. The van der Waals surface area contributed by atoms with Crippen LogP contribution in [0.4, 0.5) is 9.93 Å². The van der Waals surface area contributed by atoms with E-state index >= 15 is 0 Å². The molecule has 0 aromatic carbocycles. The first-order chi connectivity index (χ1) is 8.89. The molecule has 0 spiro atoms. The maximum atomic E-state index is 11.6. The highest BCUT2D eigenvalue weighted by Crippen LogP contribution is 2.21. The highest BCUT2D eigenvalue weighted by atomic mass is 32.1. The lowest BCUT2D eigenvalue weighted by atomic mass is 9.94. The van der Waals surface area contributed by atoms with Crippen LogP contribution in [0.15, 0.2) is 0 Å². The second-order valence-corrected chi connectivity index (χ2v) is 5.20. The van der Waals surface area contributed by atoms with E-state index in [4.69, 9.17) is 4.74 Å². The zero-order valence-electron chi connectivity index (χ0n) is 11.1. The van der Waals surface area contributed by atoms with E-state index < -0.39 is 17.4 Å². The number of amides is 2. The van der Waals surface area contributed by atoms with Crippen LogP contribution in [0.3, 0.4) is 0 Å². The first kappa shape index (κ1) is 15.2. The van der Waals surface area contributed by atoms with Crippen molar-refractivity contribution in [2.45, 2.75) is 13.8 Å². The van der Waals surface area contributed by atoms with Crippen LogP contribution in [-0.2, 0) is 9.53 Å². The Kier molecular flexibility index (Phi) is 5.04. The van der Waals surface area contributed by atoms with E-state index in [1.807, 2.05) is 0 Å². The number of hydrogen-bond acceptors (Lipinski definition) is 7. The molecule has 0 saturated heterocycles. The largest absolute Gasteiger partial charge is 0.472 e. The summed E-state index contributed by atoms with van der Waals surface area (Å²) in [4.78, 5) is 23.0. The van der Waals surface area contributed by atoms with Crippen molar-refractivity contribution in [1.82, 2.24) is 15.5 Å². The van der Waals surface area contributed by atoms with Gasteiger partial charge in [-0.3, -0.25) is 10.1 Å². The number of aromatic nitrogens is 2. The molecule has 9 heteroatoms. The second-order valence-electron chi connectivity index (χ2n) is 4.26. The van der Waals surface area contributed by atoms with Gasteiger partial charge in [0.25, 0.3) is 5.19 Å². The Hall–Kier alpha value is -1.90. The van der Waals surface area contributed by atoms with E-state index in [9.17, 15) is 9.59 Å². The molecule has 1 rings (SSSR count). The van der Waals surface area contributed by atoms with E-state index in [0.717, 1.165) is 11.3 Å². The van der Waals surface area contributed by atoms with Crippen LogP contribution in [0, 0.1) is 5.41 Å². The maximum Gasteiger partial charge on any atom is 0.321 e. The molecule has 0 fully saturated rings. The van der Waals surface area contributed by atoms with Crippen molar-refractivity contribution in [2.24, 2.45) is 5.41 Å². The van der Waals surface area contributed by atoms with Crippen molar-refractivity contribution < 1.29 is 19.1 Å². The molecule has 0 saturated carbocycles. The molecule has 19 heavy (non-hydrogen) atoms. The molecule has 0 bridgehead atoms. The minimum Gasteiger partial charge on any atom is -0.472 e. The van der Waals surface area contributed by atoms with Crippen LogP contribution >= 0.6 is 11.3 Å². The number of nitrogens with one attached hydrogen (secondary N) is 2. The number of methoxy groups -OCH3 is 2. The van der Waals surface area contributed by atoms with Gasteiger partial charge in [0.2, 0.25) is 5.13 Å². The third-order valence-electron chi connectivity index (χ3n) is 2.23. The monoisotopic (exact) mass is 288 g/mol. The number of anilines is 1. The lowest BCUT2D eigenvalue weighted by Gasteiger charge is -2.21. The third-order valence-corrected chi connectivity index (χ3v) is 3.03. The standard InChI is InChI=1S/C10H16N4O4S/c1-10(2,6(15)17-3)5-11-7(16)12-8-13-14-9(18-4)19-8/h5H2,1-4H3,(H2,11,12,13,16). The first-order valence-electron chi connectivity index (χ1n) is 5.40. The molecular weight excluding hydrogens is 272 g/mol. The number of carbonyl (C=O) groups is 2. The normalized spacial score (nSPS) is 10.7. The van der Waals surface area contributed by atoms with Gasteiger partial charge in [0.15, 0.2) is 0 Å². The third kappa shape index (κ3) is 4.36. The molecule has 1 heterocycles. The fourth-order valence-corrected chi connectivity index (χ4v) is 1.69. The number of ether oxygens (including phenoxy) is 2. The van der Waals surface area contributed by atoms with Crippen LogP contribution in [0.25, 0.3) is 0 Å². The zero-order valence-corrected chi connectivity index (χ0v) is 12.0. The van der Waals surface area contributed by atoms with Crippen molar-refractivity contribution in [3.8, 4) is 5.19 Å². The predicted octanol–water partition coefficient (Wildman–Crippen LogP) is 0.867. The summed E-state index contributed by atoms with van der Waals surface area (Å²) in [6.45, 7) is 3.49. The molecule has 1 aromatic rings. The summed E-state index contributed by atoms with van der Waals surface area (Å²) in [5.41, 5.74) is -0.801. The van der Waals surface area contributed by atoms with Crippen LogP contribution in [0.1, 0.15) is 13.8 Å². The summed E-state index contributed by atoms with van der Waals surface area (Å²) in [5, 5.41) is 13.1. The Morgan fingerprint density at radius 3 is 2.53 bits per heavy atom. The van der Waals surface area contributed by atoms with Crippen LogP contribution < -0.4 is 15.4 Å². The van der Waals surface area contributed by atoms with Gasteiger partial charge in [0, 0.05) is 6.54 Å². The van der Waals surface area contributed by atoms with Gasteiger partial charge in [-0.1, -0.05) is 5.10 Å². The highest BCUT2D eigenvalue weighted by Gasteiger charge is 2.29. The van der Waals surface area contributed by atoms with E-state index in [-0.39, 0.29) is 6.54 Å². The Bertz CT molecular complexity index is 460. The van der Waals surface area contributed by atoms with E-state index in [0.29, 0.717) is 10.3 Å². The smallest absolute Gasteiger partial charge is 0.321 e. The Labute approximate surface area is 114 Å². The maximum absolute atomic E-state index is 11.6. The molecule has 2 N–H and O–H groups in total. The molecule has 0 aliphatic heterocycles. The second kappa shape index (κ2) is 6.32. The van der Waals surface area contributed by atoms with Crippen molar-refractivity contribution in [3.05, 3.63) is 0 Å². The van der Waals surface area contributed by atoms with Gasteiger partial charge >= 0.3 is 12.0 Å². The molecule has 0 aliphatic carbocycles. The lowest BCUT2D eigenvalue weighted by molar-refractivity contribution is -0.150. The van der Waals surface area contributed by atoms with Crippen LogP contribution in [-0.4, -0.2) is 43.0 Å². The number of carbonyl (C=O) groups excluding carboxylic acids is 2. The van der Waals surface area contributed by atoms with Crippen molar-refractivity contribution in [2.75, 3.05) is 26.1 Å². The first-order valence-corrected chi connectivity index (χ1v) is 6.21. The average molecular weight is 288 g/mol. The molecule has 2 amide bonds. The van der Waals surface area contributed by atoms with Crippen molar-refractivity contribution in [3.63, 3.8) is 0 Å². The summed E-state index contributed by atoms with van der Waals surface area (Å²) in [6, 6.07) is -0.476. The Morgan fingerprint density at radius 1 is 1.32 bits per heavy atom. The van der Waals surface area contributed by atoms with Gasteiger partial charge in [-0.25, -0.2) is 4.79 Å². The molecule has 0 unspecified atom stereocenters. The zero-order chi connectivity index (χ0) is 14.5. The number of esters is 1. The molecule has 0 aliphatic rings. The molecule has 0 atom stereocenters. The van der Waals surface area contributed by atoms with Crippen molar-refractivity contribution in [1.29, 1.82) is 0 Å². The summed E-state index contributed by atoms with van der Waals surface area (Å²) in [6.07, 6.45) is 0. The van der Waals surface area contributed by atoms with Gasteiger partial charge in [0.05, 0.1) is 19.6 Å². The van der Waals surface area contributed by atoms with E-state index in [1.54, 1.807) is 13.8 Å². The fraction of sp³-hybridized carbons (Fsp3) is 0.600. The average Bonchev–Trinajstić information content (AvgIpc) is 2.83. The summed E-state index contributed by atoms with van der Waals surface area (Å²) < 4.78 is 9.48. The van der Waals surface area contributed by atoms with Gasteiger partial charge < -0.3 is 14.8 Å². The number of rotatable bonds is 5.